The van der Waals surface area contributed by atoms with Crippen molar-refractivity contribution in [1.29, 1.82) is 0 Å². The minimum Gasteiger partial charge on any atom is -0.484 e. The van der Waals surface area contributed by atoms with E-state index in [0.717, 1.165) is 33.2 Å². The lowest BCUT2D eigenvalue weighted by Crippen LogP contribution is -2.41. The lowest BCUT2D eigenvalue weighted by molar-refractivity contribution is -0.138. The molecule has 0 saturated heterocycles. The Morgan fingerprint density at radius 2 is 1.70 bits per heavy atom. The molecule has 5 nitrogen and oxygen atoms in total. The Morgan fingerprint density at radius 1 is 0.939 bits per heavy atom. The summed E-state index contributed by atoms with van der Waals surface area (Å²) in [5.41, 5.74) is 3.63. The maximum Gasteiger partial charge on any atom is 0.261 e. The molecule has 2 amide bonds. The molecule has 0 saturated carbocycles. The summed E-state index contributed by atoms with van der Waals surface area (Å²) in [6.45, 7) is 1.80. The Hall–Kier alpha value is -4.12. The number of nitrogens with one attached hydrogen (secondary N) is 1. The number of hydrogen-bond acceptors (Lipinski definition) is 3. The van der Waals surface area contributed by atoms with Crippen molar-refractivity contribution in [2.45, 2.75) is 13.0 Å². The van der Waals surface area contributed by atoms with Gasteiger partial charge in [0.25, 0.3) is 5.91 Å². The highest BCUT2D eigenvalue weighted by molar-refractivity contribution is 5.97. The molecule has 1 atom stereocenters. The smallest absolute Gasteiger partial charge is 0.261 e. The number of rotatable bonds is 4. The number of aryl methyl sites for hydroxylation is 1. The summed E-state index contributed by atoms with van der Waals surface area (Å²) < 4.78 is 5.88. The normalized spacial score (nSPS) is 15.5. The van der Waals surface area contributed by atoms with Gasteiger partial charge in [0.05, 0.1) is 6.04 Å². The van der Waals surface area contributed by atoms with Crippen LogP contribution in [0.3, 0.4) is 0 Å². The molecule has 33 heavy (non-hydrogen) atoms. The van der Waals surface area contributed by atoms with Crippen molar-refractivity contribution >= 4 is 28.3 Å². The van der Waals surface area contributed by atoms with Gasteiger partial charge in [-0.05, 0) is 41.5 Å². The fourth-order valence-corrected chi connectivity index (χ4v) is 4.34. The second-order valence-electron chi connectivity index (χ2n) is 8.27. The zero-order valence-corrected chi connectivity index (χ0v) is 18.3. The molecule has 1 aliphatic rings. The van der Waals surface area contributed by atoms with E-state index in [1.54, 1.807) is 4.90 Å². The quantitative estimate of drug-likeness (QED) is 0.484. The minimum absolute atomic E-state index is 0.0484. The van der Waals surface area contributed by atoms with Crippen LogP contribution in [0, 0.1) is 6.92 Å². The third-order valence-electron chi connectivity index (χ3n) is 5.92. The van der Waals surface area contributed by atoms with Gasteiger partial charge in [0.1, 0.15) is 12.3 Å². The topological polar surface area (TPSA) is 58.6 Å². The SMILES string of the molecule is Cc1ccc2c(c1)C(c1ccccc1)N(C(=O)COc1ccc3ccccc3c1)CC(=O)N2. The Labute approximate surface area is 192 Å². The molecule has 0 aromatic heterocycles. The number of benzene rings is 4. The van der Waals surface area contributed by atoms with Crippen LogP contribution in [-0.4, -0.2) is 29.9 Å². The number of carbonyl (C=O) groups excluding carboxylic acids is 2. The van der Waals surface area contributed by atoms with E-state index in [1.807, 2.05) is 97.9 Å². The molecule has 0 fully saturated rings. The third-order valence-corrected chi connectivity index (χ3v) is 5.92. The number of amides is 2. The van der Waals surface area contributed by atoms with Gasteiger partial charge < -0.3 is 15.0 Å². The first-order chi connectivity index (χ1) is 16.1. The standard InChI is InChI=1S/C28H24N2O3/c1-19-11-14-25-24(15-19)28(21-8-3-2-4-9-21)30(17-26(31)29-25)27(32)18-33-23-13-12-20-7-5-6-10-22(20)16-23/h2-16,28H,17-18H2,1H3,(H,29,31). The Balaban J connectivity index is 1.47. The molecular formula is C28H24N2O3. The zero-order valence-electron chi connectivity index (χ0n) is 18.3. The summed E-state index contributed by atoms with van der Waals surface area (Å²) in [7, 11) is 0. The van der Waals surface area contributed by atoms with Gasteiger partial charge in [0.15, 0.2) is 6.61 Å². The molecule has 0 aliphatic carbocycles. The molecule has 164 valence electrons. The highest BCUT2D eigenvalue weighted by Crippen LogP contribution is 2.36. The van der Waals surface area contributed by atoms with E-state index in [9.17, 15) is 9.59 Å². The number of fused-ring (bicyclic) bond motifs is 2. The Morgan fingerprint density at radius 3 is 2.52 bits per heavy atom. The van der Waals surface area contributed by atoms with Gasteiger partial charge in [0, 0.05) is 11.3 Å². The van der Waals surface area contributed by atoms with Crippen LogP contribution in [0.25, 0.3) is 10.8 Å². The van der Waals surface area contributed by atoms with Crippen molar-refractivity contribution in [1.82, 2.24) is 4.90 Å². The fourth-order valence-electron chi connectivity index (χ4n) is 4.34. The van der Waals surface area contributed by atoms with Crippen molar-refractivity contribution in [3.05, 3.63) is 108 Å². The van der Waals surface area contributed by atoms with Crippen LogP contribution in [0.2, 0.25) is 0 Å². The van der Waals surface area contributed by atoms with Crippen molar-refractivity contribution in [2.75, 3.05) is 18.5 Å². The molecule has 1 heterocycles. The van der Waals surface area contributed by atoms with Gasteiger partial charge in [-0.1, -0.05) is 78.4 Å². The fraction of sp³-hybridized carbons (Fsp3) is 0.143. The van der Waals surface area contributed by atoms with E-state index in [0.29, 0.717) is 5.75 Å². The molecular weight excluding hydrogens is 412 g/mol. The lowest BCUT2D eigenvalue weighted by atomic mass is 9.94. The Kier molecular flexibility index (Phi) is 5.53. The van der Waals surface area contributed by atoms with Gasteiger partial charge in [-0.15, -0.1) is 0 Å². The Bertz CT molecular complexity index is 1330. The largest absolute Gasteiger partial charge is 0.484 e. The first kappa shape index (κ1) is 20.8. The summed E-state index contributed by atoms with van der Waals surface area (Å²) >= 11 is 0. The van der Waals surface area contributed by atoms with Gasteiger partial charge in [-0.25, -0.2) is 0 Å². The molecule has 1 unspecified atom stereocenters. The van der Waals surface area contributed by atoms with E-state index in [-0.39, 0.29) is 25.0 Å². The van der Waals surface area contributed by atoms with E-state index >= 15 is 0 Å². The molecule has 4 aromatic rings. The van der Waals surface area contributed by atoms with Crippen LogP contribution in [0.4, 0.5) is 5.69 Å². The highest BCUT2D eigenvalue weighted by atomic mass is 16.5. The first-order valence-corrected chi connectivity index (χ1v) is 10.9. The van der Waals surface area contributed by atoms with Crippen LogP contribution in [0.5, 0.6) is 5.75 Å². The van der Waals surface area contributed by atoms with Crippen molar-refractivity contribution in [2.24, 2.45) is 0 Å². The average Bonchev–Trinajstić information content (AvgIpc) is 2.98. The maximum atomic E-state index is 13.4. The third kappa shape index (κ3) is 4.30. The molecule has 0 radical (unpaired) electrons. The summed E-state index contributed by atoms with van der Waals surface area (Å²) in [4.78, 5) is 27.7. The van der Waals surface area contributed by atoms with Crippen LogP contribution in [0.1, 0.15) is 22.7 Å². The van der Waals surface area contributed by atoms with Gasteiger partial charge in [-0.2, -0.15) is 0 Å². The molecule has 0 bridgehead atoms. The average molecular weight is 437 g/mol. The minimum atomic E-state index is -0.396. The summed E-state index contributed by atoms with van der Waals surface area (Å²) in [5.74, 6) is 0.146. The second kappa shape index (κ2) is 8.79. The number of carbonyl (C=O) groups is 2. The van der Waals surface area contributed by atoms with E-state index < -0.39 is 6.04 Å². The number of ether oxygens (including phenoxy) is 1. The number of anilines is 1. The number of nitrogens with zero attached hydrogens (tertiary/aromatic N) is 1. The highest BCUT2D eigenvalue weighted by Gasteiger charge is 2.33. The van der Waals surface area contributed by atoms with Crippen LogP contribution >= 0.6 is 0 Å². The lowest BCUT2D eigenvalue weighted by Gasteiger charge is -2.30. The molecule has 0 spiro atoms. The summed E-state index contributed by atoms with van der Waals surface area (Å²) in [6, 6.07) is 29.0. The van der Waals surface area contributed by atoms with Crippen LogP contribution in [-0.2, 0) is 9.59 Å². The maximum absolute atomic E-state index is 13.4. The summed E-state index contributed by atoms with van der Waals surface area (Å²) in [5, 5.41) is 5.11. The van der Waals surface area contributed by atoms with Crippen molar-refractivity contribution in [3.8, 4) is 5.75 Å². The van der Waals surface area contributed by atoms with Crippen molar-refractivity contribution in [3.63, 3.8) is 0 Å². The van der Waals surface area contributed by atoms with Crippen LogP contribution < -0.4 is 10.1 Å². The number of hydrogen-bond donors (Lipinski definition) is 1. The second-order valence-corrected chi connectivity index (χ2v) is 8.27. The van der Waals surface area contributed by atoms with Gasteiger partial charge in [-0.3, -0.25) is 9.59 Å². The first-order valence-electron chi connectivity index (χ1n) is 10.9. The van der Waals surface area contributed by atoms with Crippen molar-refractivity contribution < 1.29 is 14.3 Å². The zero-order chi connectivity index (χ0) is 22.8. The van der Waals surface area contributed by atoms with E-state index in [4.69, 9.17) is 4.74 Å². The summed E-state index contributed by atoms with van der Waals surface area (Å²) in [6.07, 6.45) is 0. The molecule has 5 rings (SSSR count). The van der Waals surface area contributed by atoms with Gasteiger partial charge >= 0.3 is 0 Å². The molecule has 5 heteroatoms. The predicted octanol–water partition coefficient (Wildman–Crippen LogP) is 5.10. The predicted molar refractivity (Wildman–Crippen MR) is 129 cm³/mol. The van der Waals surface area contributed by atoms with Crippen LogP contribution in [0.15, 0.2) is 91.0 Å². The van der Waals surface area contributed by atoms with E-state index in [2.05, 4.69) is 5.32 Å². The van der Waals surface area contributed by atoms with Gasteiger partial charge in [0.2, 0.25) is 5.91 Å². The monoisotopic (exact) mass is 436 g/mol. The molecule has 1 aliphatic heterocycles. The van der Waals surface area contributed by atoms with E-state index in [1.165, 1.54) is 0 Å². The molecule has 1 N–H and O–H groups in total. The molecule has 4 aromatic carbocycles.